The van der Waals surface area contributed by atoms with Crippen LogP contribution in [-0.4, -0.2) is 52.1 Å². The molecular formula is C30H35N5O4. The number of carbonyl (C=O) groups is 3. The third kappa shape index (κ3) is 6.66. The summed E-state index contributed by atoms with van der Waals surface area (Å²) in [5.41, 5.74) is 3.38. The van der Waals surface area contributed by atoms with E-state index in [9.17, 15) is 14.4 Å². The molecule has 0 spiro atoms. The minimum absolute atomic E-state index is 0.0147. The van der Waals surface area contributed by atoms with Gasteiger partial charge >= 0.3 is 0 Å². The molecule has 5 rings (SSSR count). The van der Waals surface area contributed by atoms with E-state index in [0.29, 0.717) is 31.2 Å². The van der Waals surface area contributed by atoms with Crippen LogP contribution in [0.2, 0.25) is 0 Å². The van der Waals surface area contributed by atoms with Crippen LogP contribution in [0.4, 0.5) is 0 Å². The summed E-state index contributed by atoms with van der Waals surface area (Å²) >= 11 is 0. The number of hydrogen-bond donors (Lipinski definition) is 2. The zero-order valence-corrected chi connectivity index (χ0v) is 22.3. The molecule has 1 fully saturated rings. The molecule has 3 heterocycles. The van der Waals surface area contributed by atoms with Crippen LogP contribution >= 0.6 is 0 Å². The van der Waals surface area contributed by atoms with Crippen molar-refractivity contribution in [2.24, 2.45) is 5.92 Å². The summed E-state index contributed by atoms with van der Waals surface area (Å²) in [7, 11) is 0. The summed E-state index contributed by atoms with van der Waals surface area (Å²) in [5.74, 6) is 0.400. The number of para-hydroxylation sites is 1. The van der Waals surface area contributed by atoms with Gasteiger partial charge in [-0.2, -0.15) is 5.10 Å². The number of amides is 3. The Labute approximate surface area is 228 Å². The van der Waals surface area contributed by atoms with Gasteiger partial charge in [-0.05, 0) is 67.5 Å². The molecule has 2 aromatic carbocycles. The Morgan fingerprint density at radius 3 is 2.72 bits per heavy atom. The van der Waals surface area contributed by atoms with Gasteiger partial charge in [0.25, 0.3) is 0 Å². The zero-order valence-electron chi connectivity index (χ0n) is 22.3. The lowest BCUT2D eigenvalue weighted by Crippen LogP contribution is -2.42. The maximum absolute atomic E-state index is 13.4. The molecule has 4 bridgehead atoms. The molecule has 3 aromatic rings. The minimum Gasteiger partial charge on any atom is -0.494 e. The summed E-state index contributed by atoms with van der Waals surface area (Å²) in [6.45, 7) is 4.25. The van der Waals surface area contributed by atoms with Gasteiger partial charge in [0.1, 0.15) is 11.8 Å². The van der Waals surface area contributed by atoms with Gasteiger partial charge in [0.2, 0.25) is 17.7 Å². The van der Waals surface area contributed by atoms with E-state index in [2.05, 4.69) is 15.7 Å². The van der Waals surface area contributed by atoms with E-state index < -0.39 is 6.04 Å². The number of rotatable bonds is 2. The maximum atomic E-state index is 13.4. The number of aryl methyl sites for hydroxylation is 1. The van der Waals surface area contributed by atoms with Crippen molar-refractivity contribution in [1.29, 1.82) is 0 Å². The molecular weight excluding hydrogens is 494 g/mol. The summed E-state index contributed by atoms with van der Waals surface area (Å²) < 4.78 is 7.73. The first-order valence-corrected chi connectivity index (χ1v) is 13.6. The average Bonchev–Trinajstić information content (AvgIpc) is 3.45. The Balaban J connectivity index is 1.39. The lowest BCUT2D eigenvalue weighted by Gasteiger charge is -2.33. The third-order valence-corrected chi connectivity index (χ3v) is 7.53. The smallest absolute Gasteiger partial charge is 0.247 e. The van der Waals surface area contributed by atoms with Crippen molar-refractivity contribution in [2.45, 2.75) is 51.6 Å². The lowest BCUT2D eigenvalue weighted by atomic mass is 9.95. The van der Waals surface area contributed by atoms with Crippen molar-refractivity contribution in [3.05, 3.63) is 77.6 Å². The molecule has 1 aromatic heterocycles. The van der Waals surface area contributed by atoms with Crippen LogP contribution in [0.3, 0.4) is 0 Å². The van der Waals surface area contributed by atoms with Gasteiger partial charge < -0.3 is 20.3 Å². The second kappa shape index (κ2) is 12.1. The molecule has 2 aliphatic rings. The van der Waals surface area contributed by atoms with Gasteiger partial charge in [0.05, 0.1) is 18.5 Å². The van der Waals surface area contributed by atoms with Gasteiger partial charge in [-0.1, -0.05) is 24.3 Å². The highest BCUT2D eigenvalue weighted by Gasteiger charge is 2.27. The number of piperidine rings is 1. The normalized spacial score (nSPS) is 21.3. The Hall–Kier alpha value is -4.14. The minimum atomic E-state index is -0.956. The molecule has 0 saturated carbocycles. The molecule has 2 aliphatic heterocycles. The molecule has 3 amide bonds. The molecule has 9 heteroatoms. The summed E-state index contributed by atoms with van der Waals surface area (Å²) in [6, 6.07) is 14.5. The van der Waals surface area contributed by atoms with E-state index >= 15 is 0 Å². The van der Waals surface area contributed by atoms with Crippen molar-refractivity contribution >= 4 is 17.7 Å². The fourth-order valence-corrected chi connectivity index (χ4v) is 5.20. The second-order valence-corrected chi connectivity index (χ2v) is 10.3. The van der Waals surface area contributed by atoms with Crippen LogP contribution in [0.15, 0.2) is 60.9 Å². The van der Waals surface area contributed by atoms with Crippen molar-refractivity contribution in [2.75, 3.05) is 19.7 Å². The number of benzene rings is 2. The average molecular weight is 530 g/mol. The molecule has 204 valence electrons. The van der Waals surface area contributed by atoms with Gasteiger partial charge in [0.15, 0.2) is 0 Å². The molecule has 9 nitrogen and oxygen atoms in total. The number of hydrogen-bond acceptors (Lipinski definition) is 5. The fourth-order valence-electron chi connectivity index (χ4n) is 5.20. The number of fused-ring (bicyclic) bond motifs is 4. The van der Waals surface area contributed by atoms with Crippen LogP contribution < -0.4 is 15.4 Å². The first-order chi connectivity index (χ1) is 19.0. The van der Waals surface area contributed by atoms with Gasteiger partial charge in [-0.15, -0.1) is 0 Å². The number of ether oxygens (including phenoxy) is 1. The molecule has 2 unspecified atom stereocenters. The van der Waals surface area contributed by atoms with Crippen LogP contribution in [-0.2, 0) is 20.9 Å². The van der Waals surface area contributed by atoms with Gasteiger partial charge in [0, 0.05) is 44.2 Å². The number of carbonyl (C=O) groups excluding carboxylic acids is 3. The predicted octanol–water partition coefficient (Wildman–Crippen LogP) is 3.46. The predicted molar refractivity (Wildman–Crippen MR) is 146 cm³/mol. The van der Waals surface area contributed by atoms with E-state index in [0.717, 1.165) is 41.8 Å². The Morgan fingerprint density at radius 2 is 1.87 bits per heavy atom. The highest BCUT2D eigenvalue weighted by Crippen LogP contribution is 2.23. The Kier molecular flexibility index (Phi) is 8.24. The van der Waals surface area contributed by atoms with Crippen LogP contribution in [0, 0.1) is 12.8 Å². The van der Waals surface area contributed by atoms with E-state index in [1.165, 1.54) is 0 Å². The van der Waals surface area contributed by atoms with E-state index in [1.807, 2.05) is 60.4 Å². The largest absolute Gasteiger partial charge is 0.494 e. The van der Waals surface area contributed by atoms with Crippen LogP contribution in [0.5, 0.6) is 5.75 Å². The summed E-state index contributed by atoms with van der Waals surface area (Å²) in [6.07, 6.45) is 6.33. The van der Waals surface area contributed by atoms with Crippen LogP contribution in [0.1, 0.15) is 54.8 Å². The monoisotopic (exact) mass is 529 g/mol. The first kappa shape index (κ1) is 26.5. The maximum Gasteiger partial charge on any atom is 0.247 e. The van der Waals surface area contributed by atoms with Gasteiger partial charge in [-0.25, -0.2) is 4.68 Å². The summed E-state index contributed by atoms with van der Waals surface area (Å²) in [5, 5.41) is 10.2. The molecule has 2 atom stereocenters. The molecule has 0 aliphatic carbocycles. The number of nitrogens with zero attached hydrogens (tertiary/aromatic N) is 3. The van der Waals surface area contributed by atoms with Crippen molar-refractivity contribution in [3.8, 4) is 11.4 Å². The SMILES string of the molecule is Cc1ccc2cc1CNC(=O)C(c1cnn(-c3ccccc3)c1)NC(=O)CCC(=O)N1CCCC(CCO2)C1. The zero-order chi connectivity index (χ0) is 27.2. The van der Waals surface area contributed by atoms with E-state index in [-0.39, 0.29) is 37.1 Å². The Bertz CT molecular complexity index is 1320. The molecule has 39 heavy (non-hydrogen) atoms. The molecule has 1 saturated heterocycles. The van der Waals surface area contributed by atoms with Crippen molar-refractivity contribution in [1.82, 2.24) is 25.3 Å². The number of nitrogens with one attached hydrogen (secondary N) is 2. The topological polar surface area (TPSA) is 106 Å². The second-order valence-electron chi connectivity index (χ2n) is 10.3. The summed E-state index contributed by atoms with van der Waals surface area (Å²) in [4.78, 5) is 41.2. The molecule has 0 radical (unpaired) electrons. The van der Waals surface area contributed by atoms with Gasteiger partial charge in [-0.3, -0.25) is 14.4 Å². The lowest BCUT2D eigenvalue weighted by molar-refractivity contribution is -0.135. The fraction of sp³-hybridized carbons (Fsp3) is 0.400. The number of aromatic nitrogens is 2. The molecule has 2 N–H and O–H groups in total. The quantitative estimate of drug-likeness (QED) is 0.529. The van der Waals surface area contributed by atoms with Crippen molar-refractivity contribution < 1.29 is 19.1 Å². The Morgan fingerprint density at radius 1 is 1.03 bits per heavy atom. The van der Waals surface area contributed by atoms with Crippen molar-refractivity contribution in [3.63, 3.8) is 0 Å². The first-order valence-electron chi connectivity index (χ1n) is 13.6. The third-order valence-electron chi connectivity index (χ3n) is 7.53. The highest BCUT2D eigenvalue weighted by molar-refractivity contribution is 5.90. The highest BCUT2D eigenvalue weighted by atomic mass is 16.5. The van der Waals surface area contributed by atoms with E-state index in [4.69, 9.17) is 4.74 Å². The standard InChI is InChI=1S/C30H35N5O4/c1-21-9-10-26-16-23(21)17-31-30(38)29(24-18-32-35(20-24)25-7-3-2-4-8-25)33-27(36)11-12-28(37)34-14-5-6-22(19-34)13-15-39-26/h2-4,7-10,16,18,20,22,29H,5-6,11-15,17,19H2,1H3,(H,31,38)(H,33,36). The van der Waals surface area contributed by atoms with Crippen LogP contribution in [0.25, 0.3) is 5.69 Å². The van der Waals surface area contributed by atoms with E-state index in [1.54, 1.807) is 17.1 Å².